The Kier molecular flexibility index (Phi) is 5.38. The predicted molar refractivity (Wildman–Crippen MR) is 68.8 cm³/mol. The fourth-order valence-electron chi connectivity index (χ4n) is 1.93. The van der Waals surface area contributed by atoms with E-state index in [4.69, 9.17) is 4.74 Å². The highest BCUT2D eigenvalue weighted by Crippen LogP contribution is 2.23. The predicted octanol–water partition coefficient (Wildman–Crippen LogP) is 1.38. The molecule has 1 aliphatic carbocycles. The molecule has 1 unspecified atom stereocenters. The van der Waals surface area contributed by atoms with Gasteiger partial charge in [-0.15, -0.1) is 0 Å². The third-order valence-electron chi connectivity index (χ3n) is 3.18. The first-order valence-electron chi connectivity index (χ1n) is 6.42. The Labute approximate surface area is 105 Å². The Morgan fingerprint density at radius 1 is 1.53 bits per heavy atom. The van der Waals surface area contributed by atoms with Gasteiger partial charge in [-0.2, -0.15) is 5.26 Å². The molecule has 1 rings (SSSR count). The number of ether oxygens (including phenoxy) is 1. The van der Waals surface area contributed by atoms with Crippen LogP contribution in [0.5, 0.6) is 0 Å². The van der Waals surface area contributed by atoms with Crippen molar-refractivity contribution in [1.29, 1.82) is 5.26 Å². The van der Waals surface area contributed by atoms with E-state index in [1.54, 1.807) is 7.11 Å². The van der Waals surface area contributed by atoms with Crippen LogP contribution in [0.1, 0.15) is 33.6 Å². The highest BCUT2D eigenvalue weighted by molar-refractivity contribution is 5.09. The van der Waals surface area contributed by atoms with Gasteiger partial charge in [0.05, 0.1) is 12.7 Å². The van der Waals surface area contributed by atoms with Crippen molar-refractivity contribution in [2.24, 2.45) is 0 Å². The zero-order valence-corrected chi connectivity index (χ0v) is 11.5. The van der Waals surface area contributed by atoms with Gasteiger partial charge in [0, 0.05) is 32.3 Å². The van der Waals surface area contributed by atoms with E-state index in [9.17, 15) is 5.26 Å². The number of nitrogens with one attached hydrogen (secondary N) is 1. The van der Waals surface area contributed by atoms with Crippen molar-refractivity contribution in [3.63, 3.8) is 0 Å². The molecule has 1 atom stereocenters. The number of nitriles is 1. The molecule has 0 aromatic rings. The first-order valence-corrected chi connectivity index (χ1v) is 6.42. The lowest BCUT2D eigenvalue weighted by Crippen LogP contribution is -2.53. The molecule has 1 saturated carbocycles. The normalized spacial score (nSPS) is 19.4. The molecule has 0 aromatic heterocycles. The summed E-state index contributed by atoms with van der Waals surface area (Å²) in [7, 11) is 1.71. The Morgan fingerprint density at radius 3 is 2.59 bits per heavy atom. The third kappa shape index (κ3) is 5.03. The minimum Gasteiger partial charge on any atom is -0.383 e. The van der Waals surface area contributed by atoms with E-state index in [0.29, 0.717) is 18.7 Å². The van der Waals surface area contributed by atoms with Gasteiger partial charge in [-0.3, -0.25) is 10.2 Å². The molecule has 17 heavy (non-hydrogen) atoms. The standard InChI is InChI=1S/C13H25N3O/c1-11(2)16(7-8-17-4)10-13(3,9-14)15-12-5-6-12/h11-12,15H,5-8,10H2,1-4H3. The lowest BCUT2D eigenvalue weighted by molar-refractivity contribution is 0.114. The van der Waals surface area contributed by atoms with Crippen LogP contribution < -0.4 is 5.32 Å². The molecule has 0 amide bonds. The van der Waals surface area contributed by atoms with Crippen LogP contribution in [0.4, 0.5) is 0 Å². The van der Waals surface area contributed by atoms with Gasteiger partial charge < -0.3 is 4.74 Å². The maximum Gasteiger partial charge on any atom is 0.116 e. The van der Waals surface area contributed by atoms with E-state index in [1.165, 1.54) is 12.8 Å². The van der Waals surface area contributed by atoms with Crippen LogP contribution in [0.3, 0.4) is 0 Å². The van der Waals surface area contributed by atoms with Crippen LogP contribution >= 0.6 is 0 Å². The lowest BCUT2D eigenvalue weighted by Gasteiger charge is -2.34. The van der Waals surface area contributed by atoms with Gasteiger partial charge in [0.25, 0.3) is 0 Å². The molecule has 0 saturated heterocycles. The largest absolute Gasteiger partial charge is 0.383 e. The maximum atomic E-state index is 9.35. The molecule has 0 heterocycles. The van der Waals surface area contributed by atoms with Crippen LogP contribution in [0.2, 0.25) is 0 Å². The second-order valence-corrected chi connectivity index (χ2v) is 5.42. The van der Waals surface area contributed by atoms with E-state index in [2.05, 4.69) is 30.1 Å². The topological polar surface area (TPSA) is 48.3 Å². The van der Waals surface area contributed by atoms with Gasteiger partial charge in [0.15, 0.2) is 0 Å². The van der Waals surface area contributed by atoms with Crippen LogP contribution in [-0.2, 0) is 4.74 Å². The van der Waals surface area contributed by atoms with Crippen molar-refractivity contribution >= 4 is 0 Å². The molecule has 0 aromatic carbocycles. The summed E-state index contributed by atoms with van der Waals surface area (Å²) in [6.07, 6.45) is 2.41. The van der Waals surface area contributed by atoms with Gasteiger partial charge >= 0.3 is 0 Å². The van der Waals surface area contributed by atoms with Gasteiger partial charge in [0.1, 0.15) is 5.54 Å². The Balaban J connectivity index is 2.52. The minimum atomic E-state index is -0.445. The number of methoxy groups -OCH3 is 1. The van der Waals surface area contributed by atoms with E-state index in [-0.39, 0.29) is 0 Å². The highest BCUT2D eigenvalue weighted by atomic mass is 16.5. The maximum absolute atomic E-state index is 9.35. The second kappa shape index (κ2) is 6.34. The summed E-state index contributed by atoms with van der Waals surface area (Å²) < 4.78 is 5.12. The molecular formula is C13H25N3O. The Bertz CT molecular complexity index is 270. The van der Waals surface area contributed by atoms with Gasteiger partial charge in [-0.1, -0.05) is 0 Å². The van der Waals surface area contributed by atoms with E-state index in [1.807, 2.05) is 6.92 Å². The molecule has 1 fully saturated rings. The minimum absolute atomic E-state index is 0.429. The molecule has 0 radical (unpaired) electrons. The zero-order valence-electron chi connectivity index (χ0n) is 11.5. The fraction of sp³-hybridized carbons (Fsp3) is 0.923. The first-order chi connectivity index (χ1) is 8.00. The molecule has 4 heteroatoms. The number of rotatable bonds is 8. The monoisotopic (exact) mass is 239 g/mol. The van der Waals surface area contributed by atoms with Gasteiger partial charge in [-0.05, 0) is 33.6 Å². The van der Waals surface area contributed by atoms with Crippen molar-refractivity contribution in [2.45, 2.75) is 51.2 Å². The fourth-order valence-corrected chi connectivity index (χ4v) is 1.93. The SMILES string of the molecule is COCCN(CC(C)(C#N)NC1CC1)C(C)C. The summed E-state index contributed by atoms with van der Waals surface area (Å²) in [6.45, 7) is 8.64. The van der Waals surface area contributed by atoms with Crippen LogP contribution in [0.25, 0.3) is 0 Å². The Morgan fingerprint density at radius 2 is 2.18 bits per heavy atom. The number of hydrogen-bond donors (Lipinski definition) is 1. The molecular weight excluding hydrogens is 214 g/mol. The van der Waals surface area contributed by atoms with Gasteiger partial charge in [-0.25, -0.2) is 0 Å². The van der Waals surface area contributed by atoms with Crippen molar-refractivity contribution < 1.29 is 4.74 Å². The average Bonchev–Trinajstić information content (AvgIpc) is 3.07. The summed E-state index contributed by atoms with van der Waals surface area (Å²) in [5.41, 5.74) is -0.445. The summed E-state index contributed by atoms with van der Waals surface area (Å²) >= 11 is 0. The van der Waals surface area contributed by atoms with E-state index in [0.717, 1.165) is 13.1 Å². The quantitative estimate of drug-likeness (QED) is 0.695. The van der Waals surface area contributed by atoms with E-state index >= 15 is 0 Å². The zero-order chi connectivity index (χ0) is 12.9. The molecule has 1 aliphatic rings. The molecule has 0 spiro atoms. The van der Waals surface area contributed by atoms with Crippen LogP contribution in [0.15, 0.2) is 0 Å². The highest BCUT2D eigenvalue weighted by Gasteiger charge is 2.34. The molecule has 4 nitrogen and oxygen atoms in total. The molecule has 1 N–H and O–H groups in total. The van der Waals surface area contributed by atoms with Crippen molar-refractivity contribution in [2.75, 3.05) is 26.8 Å². The molecule has 0 bridgehead atoms. The molecule has 98 valence electrons. The molecule has 0 aliphatic heterocycles. The smallest absolute Gasteiger partial charge is 0.116 e. The summed E-state index contributed by atoms with van der Waals surface area (Å²) in [5.74, 6) is 0. The van der Waals surface area contributed by atoms with Crippen LogP contribution in [-0.4, -0.2) is 49.3 Å². The lowest BCUT2D eigenvalue weighted by atomic mass is 10.0. The first kappa shape index (κ1) is 14.4. The number of nitrogens with zero attached hydrogens (tertiary/aromatic N) is 2. The average molecular weight is 239 g/mol. The van der Waals surface area contributed by atoms with Crippen molar-refractivity contribution in [3.05, 3.63) is 0 Å². The van der Waals surface area contributed by atoms with E-state index < -0.39 is 5.54 Å². The summed E-state index contributed by atoms with van der Waals surface area (Å²) in [6, 6.07) is 3.40. The van der Waals surface area contributed by atoms with Crippen molar-refractivity contribution in [3.8, 4) is 6.07 Å². The Hall–Kier alpha value is -0.630. The number of hydrogen-bond acceptors (Lipinski definition) is 4. The summed E-state index contributed by atoms with van der Waals surface area (Å²) in [5, 5.41) is 12.8. The van der Waals surface area contributed by atoms with Crippen molar-refractivity contribution in [1.82, 2.24) is 10.2 Å². The summed E-state index contributed by atoms with van der Waals surface area (Å²) in [4.78, 5) is 2.29. The van der Waals surface area contributed by atoms with Crippen LogP contribution in [0, 0.1) is 11.3 Å². The van der Waals surface area contributed by atoms with Gasteiger partial charge in [0.2, 0.25) is 0 Å². The second-order valence-electron chi connectivity index (χ2n) is 5.42. The third-order valence-corrected chi connectivity index (χ3v) is 3.18.